The van der Waals surface area contributed by atoms with E-state index in [0.717, 1.165) is 23.5 Å². The Bertz CT molecular complexity index is 745. The molecular formula is C18H21N3O2S. The first-order valence-corrected chi connectivity index (χ1v) is 9.25. The lowest BCUT2D eigenvalue weighted by molar-refractivity contribution is -0.0159. The van der Waals surface area contributed by atoms with E-state index < -0.39 is 0 Å². The Morgan fingerprint density at radius 1 is 1.42 bits per heavy atom. The topological polar surface area (TPSA) is 54.5 Å². The van der Waals surface area contributed by atoms with Gasteiger partial charge in [-0.25, -0.2) is 9.78 Å². The Morgan fingerprint density at radius 2 is 2.29 bits per heavy atom. The Labute approximate surface area is 145 Å². The molecule has 1 aromatic heterocycles. The van der Waals surface area contributed by atoms with Gasteiger partial charge in [-0.05, 0) is 30.9 Å². The van der Waals surface area contributed by atoms with E-state index in [1.807, 2.05) is 23.3 Å². The van der Waals surface area contributed by atoms with Gasteiger partial charge in [-0.3, -0.25) is 0 Å². The summed E-state index contributed by atoms with van der Waals surface area (Å²) in [6, 6.07) is 8.49. The van der Waals surface area contributed by atoms with Gasteiger partial charge in [0, 0.05) is 17.6 Å². The van der Waals surface area contributed by atoms with E-state index in [9.17, 15) is 4.79 Å². The number of carbonyl (C=O) groups excluding carboxylic acids is 1. The van der Waals surface area contributed by atoms with E-state index in [-0.39, 0.29) is 18.2 Å². The molecule has 6 heteroatoms. The molecule has 2 amide bonds. The second-order valence-corrected chi connectivity index (χ2v) is 7.26. The molecular weight excluding hydrogens is 322 g/mol. The zero-order valence-corrected chi connectivity index (χ0v) is 14.5. The first-order chi connectivity index (χ1) is 11.7. The zero-order valence-electron chi connectivity index (χ0n) is 13.7. The molecule has 4 rings (SSSR count). The maximum atomic E-state index is 12.7. The average molecular weight is 343 g/mol. The Balaban J connectivity index is 1.41. The Hall–Kier alpha value is -1.92. The molecule has 0 saturated carbocycles. The van der Waals surface area contributed by atoms with Crippen molar-refractivity contribution in [3.05, 3.63) is 51.5 Å². The second kappa shape index (κ2) is 6.53. The summed E-state index contributed by atoms with van der Waals surface area (Å²) in [5.74, 6) is 0. The third kappa shape index (κ3) is 3.03. The lowest BCUT2D eigenvalue weighted by Gasteiger charge is -2.33. The minimum atomic E-state index is -0.112. The van der Waals surface area contributed by atoms with Gasteiger partial charge in [0.1, 0.15) is 11.1 Å². The smallest absolute Gasteiger partial charge is 0.318 e. The van der Waals surface area contributed by atoms with Crippen LogP contribution in [0.25, 0.3) is 0 Å². The van der Waals surface area contributed by atoms with E-state index in [1.165, 1.54) is 11.1 Å². The minimum Gasteiger partial charge on any atom is -0.367 e. The molecule has 0 bridgehead atoms. The highest BCUT2D eigenvalue weighted by atomic mass is 32.1. The first kappa shape index (κ1) is 15.6. The van der Waals surface area contributed by atoms with Gasteiger partial charge in [0.25, 0.3) is 0 Å². The fourth-order valence-corrected chi connectivity index (χ4v) is 4.29. The van der Waals surface area contributed by atoms with Crippen LogP contribution in [0.4, 0.5) is 4.79 Å². The molecule has 0 spiro atoms. The van der Waals surface area contributed by atoms with Crippen LogP contribution in [-0.4, -0.2) is 35.6 Å². The van der Waals surface area contributed by atoms with Crippen LogP contribution in [0.3, 0.4) is 0 Å². The van der Waals surface area contributed by atoms with Gasteiger partial charge in [0.2, 0.25) is 0 Å². The molecule has 1 saturated heterocycles. The molecule has 0 unspecified atom stereocenters. The van der Waals surface area contributed by atoms with E-state index in [0.29, 0.717) is 19.7 Å². The SMILES string of the molecule is Cc1csc([C@@H]2CN(C(=O)N[C@H]3CCc4ccccc43)CCO2)n1. The summed E-state index contributed by atoms with van der Waals surface area (Å²) in [6.07, 6.45) is 1.90. The molecule has 1 fully saturated rings. The Morgan fingerprint density at radius 3 is 3.12 bits per heavy atom. The van der Waals surface area contributed by atoms with E-state index in [2.05, 4.69) is 28.5 Å². The number of ether oxygens (including phenoxy) is 1. The summed E-state index contributed by atoms with van der Waals surface area (Å²) in [4.78, 5) is 19.0. The van der Waals surface area contributed by atoms with Gasteiger partial charge in [-0.1, -0.05) is 24.3 Å². The first-order valence-electron chi connectivity index (χ1n) is 8.37. The summed E-state index contributed by atoms with van der Waals surface area (Å²) in [6.45, 7) is 3.72. The molecule has 2 heterocycles. The summed E-state index contributed by atoms with van der Waals surface area (Å²) in [5, 5.41) is 6.17. The summed E-state index contributed by atoms with van der Waals surface area (Å²) in [7, 11) is 0. The van der Waals surface area contributed by atoms with Gasteiger partial charge in [0.15, 0.2) is 0 Å². The highest BCUT2D eigenvalue weighted by Gasteiger charge is 2.30. The number of urea groups is 1. The summed E-state index contributed by atoms with van der Waals surface area (Å²) < 4.78 is 5.81. The van der Waals surface area contributed by atoms with Gasteiger partial charge in [-0.2, -0.15) is 0 Å². The monoisotopic (exact) mass is 343 g/mol. The second-order valence-electron chi connectivity index (χ2n) is 6.37. The van der Waals surface area contributed by atoms with Gasteiger partial charge < -0.3 is 15.0 Å². The van der Waals surface area contributed by atoms with Crippen LogP contribution in [0.2, 0.25) is 0 Å². The largest absolute Gasteiger partial charge is 0.367 e. The van der Waals surface area contributed by atoms with Crippen molar-refractivity contribution in [3.8, 4) is 0 Å². The standard InChI is InChI=1S/C18H21N3O2S/c1-12-11-24-17(19-12)16-10-21(8-9-23-16)18(22)20-15-7-6-13-4-2-3-5-14(13)15/h2-5,11,15-16H,6-10H2,1H3,(H,20,22)/t15-,16-/m0/s1. The molecule has 5 nitrogen and oxygen atoms in total. The van der Waals surface area contributed by atoms with Crippen LogP contribution in [0.5, 0.6) is 0 Å². The van der Waals surface area contributed by atoms with Crippen molar-refractivity contribution in [1.82, 2.24) is 15.2 Å². The predicted octanol–water partition coefficient (Wildman–Crippen LogP) is 3.22. The summed E-state index contributed by atoms with van der Waals surface area (Å²) >= 11 is 1.60. The van der Waals surface area contributed by atoms with E-state index >= 15 is 0 Å². The lowest BCUT2D eigenvalue weighted by Crippen LogP contribution is -2.47. The molecule has 0 radical (unpaired) electrons. The number of benzene rings is 1. The predicted molar refractivity (Wildman–Crippen MR) is 93.2 cm³/mol. The fourth-order valence-electron chi connectivity index (χ4n) is 3.45. The maximum absolute atomic E-state index is 12.7. The number of carbonyl (C=O) groups is 1. The highest BCUT2D eigenvalue weighted by molar-refractivity contribution is 7.09. The number of thiazole rings is 1. The number of hydrogen-bond donors (Lipinski definition) is 1. The number of amides is 2. The molecule has 2 aromatic rings. The number of aryl methyl sites for hydroxylation is 2. The number of hydrogen-bond acceptors (Lipinski definition) is 4. The quantitative estimate of drug-likeness (QED) is 0.911. The van der Waals surface area contributed by atoms with Crippen molar-refractivity contribution in [3.63, 3.8) is 0 Å². The molecule has 2 atom stereocenters. The number of fused-ring (bicyclic) bond motifs is 1. The zero-order chi connectivity index (χ0) is 16.5. The van der Waals surface area contributed by atoms with Crippen molar-refractivity contribution in [2.75, 3.05) is 19.7 Å². The van der Waals surface area contributed by atoms with Crippen molar-refractivity contribution in [1.29, 1.82) is 0 Å². The number of morpholine rings is 1. The van der Waals surface area contributed by atoms with E-state index in [1.54, 1.807) is 11.3 Å². The van der Waals surface area contributed by atoms with Crippen molar-refractivity contribution < 1.29 is 9.53 Å². The number of nitrogens with zero attached hydrogens (tertiary/aromatic N) is 2. The van der Waals surface area contributed by atoms with Crippen LogP contribution < -0.4 is 5.32 Å². The van der Waals surface area contributed by atoms with Crippen LogP contribution >= 0.6 is 11.3 Å². The molecule has 1 aliphatic heterocycles. The third-order valence-corrected chi connectivity index (χ3v) is 5.75. The normalized spacial score (nSPS) is 23.1. The third-order valence-electron chi connectivity index (χ3n) is 4.70. The molecule has 1 aromatic carbocycles. The molecule has 2 aliphatic rings. The van der Waals surface area contributed by atoms with Crippen LogP contribution in [0.15, 0.2) is 29.6 Å². The lowest BCUT2D eigenvalue weighted by atomic mass is 10.1. The number of aromatic nitrogens is 1. The minimum absolute atomic E-state index is 0.00159. The van der Waals surface area contributed by atoms with Gasteiger partial charge in [0.05, 0.1) is 19.2 Å². The Kier molecular flexibility index (Phi) is 4.24. The van der Waals surface area contributed by atoms with Crippen LogP contribution in [0, 0.1) is 6.92 Å². The summed E-state index contributed by atoms with van der Waals surface area (Å²) in [5.41, 5.74) is 3.61. The van der Waals surface area contributed by atoms with E-state index in [4.69, 9.17) is 4.74 Å². The fraction of sp³-hybridized carbons (Fsp3) is 0.444. The van der Waals surface area contributed by atoms with Gasteiger partial charge >= 0.3 is 6.03 Å². The molecule has 1 aliphatic carbocycles. The maximum Gasteiger partial charge on any atom is 0.318 e. The molecule has 126 valence electrons. The number of rotatable bonds is 2. The van der Waals surface area contributed by atoms with Crippen molar-refractivity contribution in [2.45, 2.75) is 31.9 Å². The van der Waals surface area contributed by atoms with Crippen molar-refractivity contribution in [2.24, 2.45) is 0 Å². The molecule has 1 N–H and O–H groups in total. The highest BCUT2D eigenvalue weighted by Crippen LogP contribution is 2.31. The van der Waals surface area contributed by atoms with Gasteiger partial charge in [-0.15, -0.1) is 11.3 Å². The molecule has 24 heavy (non-hydrogen) atoms. The van der Waals surface area contributed by atoms with Crippen LogP contribution in [-0.2, 0) is 11.2 Å². The van der Waals surface area contributed by atoms with Crippen LogP contribution in [0.1, 0.15) is 40.4 Å². The number of nitrogens with one attached hydrogen (secondary N) is 1. The van der Waals surface area contributed by atoms with Crippen molar-refractivity contribution >= 4 is 17.4 Å². The average Bonchev–Trinajstić information content (AvgIpc) is 3.22.